The Balaban J connectivity index is 2.52. The minimum atomic E-state index is -3.50. The van der Waals surface area contributed by atoms with E-state index in [-0.39, 0.29) is 12.4 Å². The maximum Gasteiger partial charge on any atom is 0.321 e. The monoisotopic (exact) mass is 304 g/mol. The fraction of sp³-hybridized carbons (Fsp3) is 0.462. The molecule has 0 N–H and O–H groups in total. The molecule has 19 heavy (non-hydrogen) atoms. The van der Waals surface area contributed by atoms with E-state index in [4.69, 9.17) is 16.3 Å². The zero-order valence-electron chi connectivity index (χ0n) is 10.8. The number of unbranched alkanes of at least 4 members (excludes halogenated alkanes) is 1. The summed E-state index contributed by atoms with van der Waals surface area (Å²) in [6.07, 6.45) is 1.63. The highest BCUT2D eigenvalue weighted by Crippen LogP contribution is 2.12. The first-order valence-electron chi connectivity index (χ1n) is 6.03. The zero-order valence-corrected chi connectivity index (χ0v) is 12.3. The zero-order chi connectivity index (χ0) is 14.3. The average molecular weight is 305 g/mol. The van der Waals surface area contributed by atoms with Crippen LogP contribution in [0, 0.1) is 0 Å². The molecule has 1 aromatic carbocycles. The van der Waals surface area contributed by atoms with E-state index in [1.54, 1.807) is 24.3 Å². The molecular weight excluding hydrogens is 288 g/mol. The maximum absolute atomic E-state index is 11.8. The molecule has 0 aliphatic rings. The summed E-state index contributed by atoms with van der Waals surface area (Å²) in [6, 6.07) is 6.49. The molecular formula is C13H17ClO4S. The smallest absolute Gasteiger partial charge is 0.321 e. The molecule has 0 bridgehead atoms. The Labute approximate surface area is 118 Å². The molecule has 0 saturated carbocycles. The summed E-state index contributed by atoms with van der Waals surface area (Å²) in [5, 5.41) is 0.542. The van der Waals surface area contributed by atoms with Crippen LogP contribution in [0.5, 0.6) is 0 Å². The number of halogens is 1. The maximum atomic E-state index is 11.8. The molecule has 0 heterocycles. The van der Waals surface area contributed by atoms with E-state index in [0.29, 0.717) is 10.6 Å². The number of rotatable bonds is 7. The topological polar surface area (TPSA) is 60.4 Å². The van der Waals surface area contributed by atoms with Gasteiger partial charge >= 0.3 is 5.97 Å². The van der Waals surface area contributed by atoms with Crippen molar-refractivity contribution in [3.8, 4) is 0 Å². The van der Waals surface area contributed by atoms with Crippen molar-refractivity contribution >= 4 is 27.4 Å². The number of carbonyl (C=O) groups excluding carboxylic acids is 1. The lowest BCUT2D eigenvalue weighted by Gasteiger charge is -2.05. The van der Waals surface area contributed by atoms with Crippen LogP contribution in [0.4, 0.5) is 0 Å². The standard InChI is InChI=1S/C13H17ClO4S/c1-2-3-8-18-13(15)10-19(16,17)9-11-4-6-12(14)7-5-11/h4-7H,2-3,8-10H2,1H3. The number of hydrogen-bond donors (Lipinski definition) is 0. The molecule has 0 amide bonds. The van der Waals surface area contributed by atoms with Crippen LogP contribution in [-0.2, 0) is 25.1 Å². The van der Waals surface area contributed by atoms with Gasteiger partial charge in [0, 0.05) is 5.02 Å². The lowest BCUT2D eigenvalue weighted by molar-refractivity contribution is -0.140. The highest BCUT2D eigenvalue weighted by Gasteiger charge is 2.18. The first kappa shape index (κ1) is 16.0. The molecule has 106 valence electrons. The molecule has 0 atom stereocenters. The second kappa shape index (κ2) is 7.50. The van der Waals surface area contributed by atoms with Crippen LogP contribution in [0.1, 0.15) is 25.3 Å². The SMILES string of the molecule is CCCCOC(=O)CS(=O)(=O)Cc1ccc(Cl)cc1. The predicted octanol–water partition coefficient (Wildman–Crippen LogP) is 2.60. The summed E-state index contributed by atoms with van der Waals surface area (Å²) in [4.78, 5) is 11.4. The van der Waals surface area contributed by atoms with Crippen molar-refractivity contribution in [3.05, 3.63) is 34.9 Å². The summed E-state index contributed by atoms with van der Waals surface area (Å²) < 4.78 is 28.4. The van der Waals surface area contributed by atoms with Gasteiger partial charge in [-0.3, -0.25) is 4.79 Å². The lowest BCUT2D eigenvalue weighted by Crippen LogP contribution is -2.20. The molecule has 1 aromatic rings. The molecule has 0 fully saturated rings. The van der Waals surface area contributed by atoms with Crippen LogP contribution in [0.15, 0.2) is 24.3 Å². The van der Waals surface area contributed by atoms with Crippen molar-refractivity contribution in [2.24, 2.45) is 0 Å². The van der Waals surface area contributed by atoms with E-state index in [2.05, 4.69) is 0 Å². The van der Waals surface area contributed by atoms with E-state index in [9.17, 15) is 13.2 Å². The molecule has 0 unspecified atom stereocenters. The molecule has 6 heteroatoms. The number of carbonyl (C=O) groups is 1. The second-order valence-corrected chi connectivity index (χ2v) is 6.73. The van der Waals surface area contributed by atoms with Gasteiger partial charge in [-0.2, -0.15) is 0 Å². The van der Waals surface area contributed by atoms with E-state index in [0.717, 1.165) is 12.8 Å². The average Bonchev–Trinajstić information content (AvgIpc) is 2.31. The van der Waals surface area contributed by atoms with Crippen LogP contribution in [0.2, 0.25) is 5.02 Å². The van der Waals surface area contributed by atoms with Crippen LogP contribution in [-0.4, -0.2) is 26.7 Å². The molecule has 0 aliphatic heterocycles. The van der Waals surface area contributed by atoms with Crippen molar-refractivity contribution in [1.29, 1.82) is 0 Å². The Bertz CT molecular complexity index is 508. The molecule has 0 radical (unpaired) electrons. The van der Waals surface area contributed by atoms with E-state index < -0.39 is 21.6 Å². The Kier molecular flexibility index (Phi) is 6.31. The molecule has 0 saturated heterocycles. The molecule has 0 aromatic heterocycles. The quantitative estimate of drug-likeness (QED) is 0.574. The number of sulfone groups is 1. The Morgan fingerprint density at radius 3 is 2.47 bits per heavy atom. The number of ether oxygens (including phenoxy) is 1. The van der Waals surface area contributed by atoms with Crippen LogP contribution >= 0.6 is 11.6 Å². The molecule has 1 rings (SSSR count). The molecule has 4 nitrogen and oxygen atoms in total. The van der Waals surface area contributed by atoms with Gasteiger partial charge in [0.15, 0.2) is 9.84 Å². The Hall–Kier alpha value is -1.07. The first-order chi connectivity index (χ1) is 8.93. The minimum Gasteiger partial charge on any atom is -0.465 e. The third-order valence-electron chi connectivity index (χ3n) is 2.40. The van der Waals surface area contributed by atoms with Gasteiger partial charge in [-0.25, -0.2) is 8.42 Å². The predicted molar refractivity (Wildman–Crippen MR) is 74.8 cm³/mol. The third-order valence-corrected chi connectivity index (χ3v) is 4.10. The summed E-state index contributed by atoms with van der Waals surface area (Å²) >= 11 is 5.71. The van der Waals surface area contributed by atoms with Gasteiger partial charge in [0.1, 0.15) is 5.75 Å². The normalized spacial score (nSPS) is 11.3. The summed E-state index contributed by atoms with van der Waals surface area (Å²) in [5.41, 5.74) is 0.603. The lowest BCUT2D eigenvalue weighted by atomic mass is 10.2. The Morgan fingerprint density at radius 2 is 1.89 bits per heavy atom. The van der Waals surface area contributed by atoms with Gasteiger partial charge in [0.25, 0.3) is 0 Å². The van der Waals surface area contributed by atoms with Crippen LogP contribution in [0.3, 0.4) is 0 Å². The second-order valence-electron chi connectivity index (χ2n) is 4.23. The minimum absolute atomic E-state index is 0.187. The van der Waals surface area contributed by atoms with Gasteiger partial charge in [0.05, 0.1) is 12.4 Å². The van der Waals surface area contributed by atoms with Crippen molar-refractivity contribution in [2.75, 3.05) is 12.4 Å². The van der Waals surface area contributed by atoms with Crippen LogP contribution in [0.25, 0.3) is 0 Å². The van der Waals surface area contributed by atoms with Crippen LogP contribution < -0.4 is 0 Å². The van der Waals surface area contributed by atoms with Crippen molar-refractivity contribution in [3.63, 3.8) is 0 Å². The fourth-order valence-corrected chi connectivity index (χ4v) is 2.81. The van der Waals surface area contributed by atoms with Gasteiger partial charge in [-0.1, -0.05) is 37.1 Å². The van der Waals surface area contributed by atoms with E-state index >= 15 is 0 Å². The largest absolute Gasteiger partial charge is 0.465 e. The highest BCUT2D eigenvalue weighted by molar-refractivity contribution is 7.91. The van der Waals surface area contributed by atoms with Gasteiger partial charge in [-0.05, 0) is 24.1 Å². The molecule has 0 spiro atoms. The van der Waals surface area contributed by atoms with E-state index in [1.807, 2.05) is 6.92 Å². The van der Waals surface area contributed by atoms with Crippen molar-refractivity contribution in [1.82, 2.24) is 0 Å². The van der Waals surface area contributed by atoms with E-state index in [1.165, 1.54) is 0 Å². The summed E-state index contributed by atoms with van der Waals surface area (Å²) in [6.45, 7) is 2.23. The van der Waals surface area contributed by atoms with Gasteiger partial charge < -0.3 is 4.74 Å². The number of hydrogen-bond acceptors (Lipinski definition) is 4. The van der Waals surface area contributed by atoms with Crippen molar-refractivity contribution in [2.45, 2.75) is 25.5 Å². The van der Waals surface area contributed by atoms with Gasteiger partial charge in [-0.15, -0.1) is 0 Å². The number of esters is 1. The van der Waals surface area contributed by atoms with Gasteiger partial charge in [0.2, 0.25) is 0 Å². The fourth-order valence-electron chi connectivity index (χ4n) is 1.44. The third kappa shape index (κ3) is 6.59. The first-order valence-corrected chi connectivity index (χ1v) is 8.23. The summed E-state index contributed by atoms with van der Waals surface area (Å²) in [7, 11) is -3.50. The highest BCUT2D eigenvalue weighted by atomic mass is 35.5. The molecule has 0 aliphatic carbocycles. The Morgan fingerprint density at radius 1 is 1.26 bits per heavy atom. The summed E-state index contributed by atoms with van der Waals surface area (Å²) in [5.74, 6) is -1.46. The number of benzene rings is 1. The van der Waals surface area contributed by atoms with Crippen molar-refractivity contribution < 1.29 is 17.9 Å².